The predicted molar refractivity (Wildman–Crippen MR) is 65.0 cm³/mol. The summed E-state index contributed by atoms with van der Waals surface area (Å²) in [4.78, 5) is 24.9. The number of aliphatic hydroxyl groups excluding tert-OH is 1. The van der Waals surface area contributed by atoms with E-state index in [0.717, 1.165) is 38.5 Å². The summed E-state index contributed by atoms with van der Waals surface area (Å²) in [5.74, 6) is -1.12. The number of amides is 1. The minimum absolute atomic E-state index is 0.0420. The fourth-order valence-corrected chi connectivity index (χ4v) is 3.05. The van der Waals surface area contributed by atoms with Crippen molar-refractivity contribution in [2.24, 2.45) is 5.92 Å². The standard InChI is InChI=1S/C13H21NO4/c15-10-7-11(13(17)18)14(8-10)12(16)9-5-3-1-2-4-6-9/h9-11,15H,1-8H2,(H,17,18)/t10?,11-/m0/s1. The predicted octanol–water partition coefficient (Wildman–Crippen LogP) is 1.00. The van der Waals surface area contributed by atoms with E-state index >= 15 is 0 Å². The van der Waals surface area contributed by atoms with Crippen LogP contribution < -0.4 is 0 Å². The highest BCUT2D eigenvalue weighted by Gasteiger charge is 2.40. The molecule has 18 heavy (non-hydrogen) atoms. The van der Waals surface area contributed by atoms with Gasteiger partial charge in [0.25, 0.3) is 0 Å². The van der Waals surface area contributed by atoms with Crippen molar-refractivity contribution in [2.45, 2.75) is 57.1 Å². The van der Waals surface area contributed by atoms with Crippen molar-refractivity contribution in [1.29, 1.82) is 0 Å². The van der Waals surface area contributed by atoms with Crippen LogP contribution in [0.2, 0.25) is 0 Å². The smallest absolute Gasteiger partial charge is 0.326 e. The Balaban J connectivity index is 2.04. The normalized spacial score (nSPS) is 30.2. The van der Waals surface area contributed by atoms with Crippen LogP contribution in [0.1, 0.15) is 44.9 Å². The molecule has 0 aromatic heterocycles. The number of hydrogen-bond acceptors (Lipinski definition) is 3. The molecule has 5 nitrogen and oxygen atoms in total. The fraction of sp³-hybridized carbons (Fsp3) is 0.846. The van der Waals surface area contributed by atoms with Crippen LogP contribution in [0.25, 0.3) is 0 Å². The molecule has 2 rings (SSSR count). The van der Waals surface area contributed by atoms with E-state index in [1.54, 1.807) is 0 Å². The van der Waals surface area contributed by atoms with E-state index in [2.05, 4.69) is 0 Å². The van der Waals surface area contributed by atoms with Crippen molar-refractivity contribution in [3.8, 4) is 0 Å². The average molecular weight is 255 g/mol. The number of rotatable bonds is 2. The molecule has 1 aliphatic heterocycles. The summed E-state index contributed by atoms with van der Waals surface area (Å²) in [6.07, 6.45) is 5.60. The van der Waals surface area contributed by atoms with Crippen molar-refractivity contribution in [3.05, 3.63) is 0 Å². The van der Waals surface area contributed by atoms with Crippen molar-refractivity contribution >= 4 is 11.9 Å². The highest BCUT2D eigenvalue weighted by molar-refractivity contribution is 5.85. The Kier molecular flexibility index (Phi) is 4.22. The molecule has 2 fully saturated rings. The summed E-state index contributed by atoms with van der Waals surface area (Å²) in [7, 11) is 0. The van der Waals surface area contributed by atoms with Crippen LogP contribution in [0.5, 0.6) is 0 Å². The SMILES string of the molecule is O=C(O)[C@@H]1CC(O)CN1C(=O)C1CCCCCC1. The number of aliphatic carboxylic acids is 1. The minimum atomic E-state index is -1.01. The maximum atomic E-state index is 12.4. The number of likely N-dealkylation sites (tertiary alicyclic amines) is 1. The van der Waals surface area contributed by atoms with Crippen LogP contribution in [-0.4, -0.2) is 45.7 Å². The number of carbonyl (C=O) groups is 2. The number of nitrogens with zero attached hydrogens (tertiary/aromatic N) is 1. The van der Waals surface area contributed by atoms with Gasteiger partial charge in [-0.2, -0.15) is 0 Å². The van der Waals surface area contributed by atoms with E-state index in [4.69, 9.17) is 5.11 Å². The second-order valence-electron chi connectivity index (χ2n) is 5.42. The van der Waals surface area contributed by atoms with Gasteiger partial charge in [-0.05, 0) is 12.8 Å². The molecule has 1 heterocycles. The molecule has 1 unspecified atom stereocenters. The molecule has 1 aliphatic carbocycles. The van der Waals surface area contributed by atoms with Gasteiger partial charge in [-0.25, -0.2) is 4.79 Å². The zero-order chi connectivity index (χ0) is 13.1. The maximum absolute atomic E-state index is 12.4. The Hall–Kier alpha value is -1.10. The first-order valence-electron chi connectivity index (χ1n) is 6.81. The number of aliphatic hydroxyl groups is 1. The Morgan fingerprint density at radius 2 is 1.67 bits per heavy atom. The number of hydrogen-bond donors (Lipinski definition) is 2. The van der Waals surface area contributed by atoms with Crippen molar-refractivity contribution in [1.82, 2.24) is 4.90 Å². The van der Waals surface area contributed by atoms with E-state index in [0.29, 0.717) is 0 Å². The molecule has 1 saturated heterocycles. The molecule has 0 radical (unpaired) electrons. The summed E-state index contributed by atoms with van der Waals surface area (Å²) in [6, 6.07) is -0.837. The van der Waals surface area contributed by atoms with Crippen molar-refractivity contribution in [2.75, 3.05) is 6.54 Å². The molecule has 1 amide bonds. The monoisotopic (exact) mass is 255 g/mol. The minimum Gasteiger partial charge on any atom is -0.480 e. The lowest BCUT2D eigenvalue weighted by Crippen LogP contribution is -2.43. The average Bonchev–Trinajstić information content (AvgIpc) is 2.56. The molecule has 0 aromatic rings. The third-order valence-electron chi connectivity index (χ3n) is 4.05. The third-order valence-corrected chi connectivity index (χ3v) is 4.05. The topological polar surface area (TPSA) is 77.8 Å². The van der Waals surface area contributed by atoms with E-state index in [9.17, 15) is 14.7 Å². The fourth-order valence-electron chi connectivity index (χ4n) is 3.05. The van der Waals surface area contributed by atoms with E-state index in [-0.39, 0.29) is 24.8 Å². The number of carboxylic acid groups (broad SMARTS) is 1. The third kappa shape index (κ3) is 2.83. The second-order valence-corrected chi connectivity index (χ2v) is 5.42. The molecule has 2 N–H and O–H groups in total. The summed E-state index contributed by atoms with van der Waals surface area (Å²) in [5, 5.41) is 18.7. The van der Waals surface area contributed by atoms with Gasteiger partial charge in [0.05, 0.1) is 6.10 Å². The van der Waals surface area contributed by atoms with Crippen molar-refractivity contribution < 1.29 is 19.8 Å². The van der Waals surface area contributed by atoms with Gasteiger partial charge < -0.3 is 15.1 Å². The van der Waals surface area contributed by atoms with Gasteiger partial charge in [0.2, 0.25) is 5.91 Å². The molecule has 5 heteroatoms. The summed E-state index contributed by atoms with van der Waals surface area (Å²) >= 11 is 0. The number of carboxylic acids is 1. The lowest BCUT2D eigenvalue weighted by Gasteiger charge is -2.25. The number of β-amino-alcohol motifs (C(OH)–C–C–N with tert-alkyl or cyclic N) is 1. The van der Waals surface area contributed by atoms with Crippen molar-refractivity contribution in [3.63, 3.8) is 0 Å². The Morgan fingerprint density at radius 3 is 2.22 bits per heavy atom. The van der Waals surface area contributed by atoms with Gasteiger partial charge in [-0.1, -0.05) is 25.7 Å². The Labute approximate surface area is 107 Å². The summed E-state index contributed by atoms with van der Waals surface area (Å²) < 4.78 is 0. The molecule has 0 aromatic carbocycles. The summed E-state index contributed by atoms with van der Waals surface area (Å²) in [6.45, 7) is 0.173. The van der Waals surface area contributed by atoms with Gasteiger partial charge in [0, 0.05) is 18.9 Å². The Morgan fingerprint density at radius 1 is 1.06 bits per heavy atom. The molecule has 0 spiro atoms. The van der Waals surface area contributed by atoms with Gasteiger partial charge in [0.1, 0.15) is 6.04 Å². The van der Waals surface area contributed by atoms with Crippen LogP contribution >= 0.6 is 0 Å². The number of carbonyl (C=O) groups excluding carboxylic acids is 1. The van der Waals surface area contributed by atoms with Gasteiger partial charge in [-0.3, -0.25) is 4.79 Å². The van der Waals surface area contributed by atoms with E-state index in [1.807, 2.05) is 0 Å². The molecule has 2 aliphatic rings. The zero-order valence-electron chi connectivity index (χ0n) is 10.5. The molecule has 1 saturated carbocycles. The van der Waals surface area contributed by atoms with Crippen LogP contribution in [0.15, 0.2) is 0 Å². The van der Waals surface area contributed by atoms with E-state index in [1.165, 1.54) is 4.90 Å². The van der Waals surface area contributed by atoms with Gasteiger partial charge >= 0.3 is 5.97 Å². The van der Waals surface area contributed by atoms with Gasteiger partial charge in [-0.15, -0.1) is 0 Å². The van der Waals surface area contributed by atoms with Crippen LogP contribution in [-0.2, 0) is 9.59 Å². The first kappa shape index (κ1) is 13.3. The van der Waals surface area contributed by atoms with Gasteiger partial charge in [0.15, 0.2) is 0 Å². The highest BCUT2D eigenvalue weighted by atomic mass is 16.4. The Bertz CT molecular complexity index is 323. The van der Waals surface area contributed by atoms with Crippen LogP contribution in [0.4, 0.5) is 0 Å². The molecule has 0 bridgehead atoms. The first-order valence-corrected chi connectivity index (χ1v) is 6.81. The zero-order valence-corrected chi connectivity index (χ0v) is 10.5. The lowest BCUT2D eigenvalue weighted by atomic mass is 9.98. The molecule has 102 valence electrons. The maximum Gasteiger partial charge on any atom is 0.326 e. The molecular formula is C13H21NO4. The van der Waals surface area contributed by atoms with Crippen LogP contribution in [0, 0.1) is 5.92 Å². The van der Waals surface area contributed by atoms with E-state index < -0.39 is 18.1 Å². The quantitative estimate of drug-likeness (QED) is 0.722. The lowest BCUT2D eigenvalue weighted by molar-refractivity contribution is -0.150. The molecular weight excluding hydrogens is 234 g/mol. The summed E-state index contributed by atoms with van der Waals surface area (Å²) in [5.41, 5.74) is 0. The second kappa shape index (κ2) is 5.69. The molecule has 2 atom stereocenters. The first-order chi connectivity index (χ1) is 8.59. The largest absolute Gasteiger partial charge is 0.480 e. The highest BCUT2D eigenvalue weighted by Crippen LogP contribution is 2.28. The van der Waals surface area contributed by atoms with Crippen LogP contribution in [0.3, 0.4) is 0 Å².